The Bertz CT molecular complexity index is 1180. The summed E-state index contributed by atoms with van der Waals surface area (Å²) in [5.41, 5.74) is 2.04. The molecule has 0 amide bonds. The molecule has 29 heavy (non-hydrogen) atoms. The third-order valence-electron chi connectivity index (χ3n) is 4.81. The maximum absolute atomic E-state index is 13.1. The van der Waals surface area contributed by atoms with Gasteiger partial charge in [0, 0.05) is 48.0 Å². The van der Waals surface area contributed by atoms with Crippen molar-refractivity contribution in [1.29, 1.82) is 5.26 Å². The summed E-state index contributed by atoms with van der Waals surface area (Å²) in [6.07, 6.45) is -0.661. The second-order valence-corrected chi connectivity index (χ2v) is 6.83. The summed E-state index contributed by atoms with van der Waals surface area (Å²) < 4.78 is 41.0. The molecule has 0 unspecified atom stereocenters. The molecule has 1 aromatic heterocycles. The Labute approximate surface area is 167 Å². The van der Waals surface area contributed by atoms with Gasteiger partial charge >= 0.3 is 6.18 Å². The van der Waals surface area contributed by atoms with Crippen molar-refractivity contribution in [3.05, 3.63) is 63.3 Å². The van der Waals surface area contributed by atoms with Crippen molar-refractivity contribution < 1.29 is 13.2 Å². The van der Waals surface area contributed by atoms with Gasteiger partial charge in [0.1, 0.15) is 11.8 Å². The topological polar surface area (TPSA) is 32.0 Å². The molecule has 0 spiro atoms. The Hall–Kier alpha value is -3.38. The van der Waals surface area contributed by atoms with E-state index in [-0.39, 0.29) is 6.42 Å². The molecule has 0 saturated carbocycles. The molecule has 0 atom stereocenters. The molecule has 2 aromatic rings. The number of nitriles is 1. The number of alkyl halides is 3. The molecular formula is C23H20F3N3. The van der Waals surface area contributed by atoms with Crippen LogP contribution >= 0.6 is 0 Å². The zero-order valence-electron chi connectivity index (χ0n) is 16.4. The zero-order valence-corrected chi connectivity index (χ0v) is 16.4. The second-order valence-electron chi connectivity index (χ2n) is 6.83. The van der Waals surface area contributed by atoms with Crippen LogP contribution in [0.4, 0.5) is 18.9 Å². The fraction of sp³-hybridized carbons (Fsp3) is 0.261. The first-order valence-corrected chi connectivity index (χ1v) is 9.16. The average molecular weight is 395 g/mol. The van der Waals surface area contributed by atoms with Crippen molar-refractivity contribution in [3.8, 4) is 17.9 Å². The van der Waals surface area contributed by atoms with Crippen molar-refractivity contribution in [2.75, 3.05) is 19.0 Å². The van der Waals surface area contributed by atoms with E-state index in [2.05, 4.69) is 17.9 Å². The van der Waals surface area contributed by atoms with Crippen LogP contribution in [0.3, 0.4) is 0 Å². The Morgan fingerprint density at radius 3 is 2.34 bits per heavy atom. The van der Waals surface area contributed by atoms with Crippen LogP contribution in [-0.4, -0.2) is 24.8 Å². The molecule has 1 aliphatic carbocycles. The van der Waals surface area contributed by atoms with Gasteiger partial charge in [0.15, 0.2) is 0 Å². The smallest absolute Gasteiger partial charge is 0.378 e. The summed E-state index contributed by atoms with van der Waals surface area (Å²) in [5, 5.41) is 10.8. The third kappa shape index (κ3) is 4.07. The lowest BCUT2D eigenvalue weighted by molar-refractivity contribution is -0.0924. The van der Waals surface area contributed by atoms with Crippen LogP contribution in [0.2, 0.25) is 0 Å². The molecule has 3 nitrogen and oxygen atoms in total. The lowest BCUT2D eigenvalue weighted by Crippen LogP contribution is -2.29. The van der Waals surface area contributed by atoms with Crippen LogP contribution in [0.5, 0.6) is 0 Å². The summed E-state index contributed by atoms with van der Waals surface area (Å²) in [7, 11) is 3.90. The number of nitrogens with zero attached hydrogens (tertiary/aromatic N) is 3. The molecule has 6 heteroatoms. The monoisotopic (exact) mass is 395 g/mol. The summed E-state index contributed by atoms with van der Waals surface area (Å²) >= 11 is 0. The van der Waals surface area contributed by atoms with Crippen LogP contribution in [0.15, 0.2) is 35.9 Å². The largest absolute Gasteiger partial charge is 0.412 e. The Morgan fingerprint density at radius 2 is 1.79 bits per heavy atom. The lowest BCUT2D eigenvalue weighted by atomic mass is 10.1. The van der Waals surface area contributed by atoms with Crippen molar-refractivity contribution in [3.63, 3.8) is 0 Å². The minimum atomic E-state index is -4.39. The van der Waals surface area contributed by atoms with Gasteiger partial charge in [-0.2, -0.15) is 18.4 Å². The normalized spacial score (nSPS) is 12.9. The van der Waals surface area contributed by atoms with E-state index in [9.17, 15) is 18.4 Å². The number of allylic oxidation sites excluding steroid dienone is 2. The molecule has 0 N–H and O–H groups in total. The molecular weight excluding hydrogens is 375 g/mol. The van der Waals surface area contributed by atoms with Crippen LogP contribution in [0, 0.1) is 23.2 Å². The lowest BCUT2D eigenvalue weighted by Gasteiger charge is -2.11. The molecule has 0 aliphatic heterocycles. The second kappa shape index (κ2) is 7.93. The Kier molecular flexibility index (Phi) is 5.57. The first-order valence-electron chi connectivity index (χ1n) is 9.16. The number of halogens is 3. The number of rotatable bonds is 2. The number of aromatic nitrogens is 1. The van der Waals surface area contributed by atoms with E-state index in [1.165, 1.54) is 12.2 Å². The van der Waals surface area contributed by atoms with Crippen molar-refractivity contribution in [1.82, 2.24) is 4.57 Å². The van der Waals surface area contributed by atoms with Crippen molar-refractivity contribution in [2.45, 2.75) is 26.1 Å². The van der Waals surface area contributed by atoms with Gasteiger partial charge in [-0.05, 0) is 43.5 Å². The average Bonchev–Trinajstić information content (AvgIpc) is 2.80. The molecule has 1 heterocycles. The number of benzene rings is 1. The molecule has 0 bridgehead atoms. The van der Waals surface area contributed by atoms with E-state index in [1.54, 1.807) is 4.57 Å². The zero-order chi connectivity index (χ0) is 21.2. The molecule has 0 fully saturated rings. The van der Waals surface area contributed by atoms with Crippen LogP contribution in [0.1, 0.15) is 30.2 Å². The van der Waals surface area contributed by atoms with Gasteiger partial charge in [0.2, 0.25) is 0 Å². The van der Waals surface area contributed by atoms with E-state index in [0.29, 0.717) is 28.4 Å². The number of hydrogen-bond acceptors (Lipinski definition) is 2. The highest BCUT2D eigenvalue weighted by Crippen LogP contribution is 2.29. The maximum atomic E-state index is 13.1. The summed E-state index contributed by atoms with van der Waals surface area (Å²) in [6.45, 7) is 2.38. The molecule has 0 saturated heterocycles. The molecule has 148 valence electrons. The van der Waals surface area contributed by atoms with Crippen LogP contribution < -0.4 is 15.5 Å². The minimum Gasteiger partial charge on any atom is -0.378 e. The highest BCUT2D eigenvalue weighted by atomic mass is 19.4. The van der Waals surface area contributed by atoms with Gasteiger partial charge in [-0.15, -0.1) is 0 Å². The van der Waals surface area contributed by atoms with Gasteiger partial charge in [-0.25, -0.2) is 0 Å². The van der Waals surface area contributed by atoms with Crippen LogP contribution in [0.25, 0.3) is 12.2 Å². The molecule has 1 aromatic carbocycles. The van der Waals surface area contributed by atoms with E-state index in [0.717, 1.165) is 17.3 Å². The number of anilines is 1. The highest BCUT2D eigenvalue weighted by Gasteiger charge is 2.32. The Balaban J connectivity index is 2.13. The van der Waals surface area contributed by atoms with Gasteiger partial charge in [0.25, 0.3) is 0 Å². The predicted molar refractivity (Wildman–Crippen MR) is 109 cm³/mol. The molecule has 3 rings (SSSR count). The minimum absolute atomic E-state index is 0.235. The Morgan fingerprint density at radius 1 is 1.10 bits per heavy atom. The fourth-order valence-corrected chi connectivity index (χ4v) is 3.26. The fourth-order valence-electron chi connectivity index (χ4n) is 3.26. The van der Waals surface area contributed by atoms with Gasteiger partial charge < -0.3 is 9.47 Å². The first kappa shape index (κ1) is 20.4. The number of hydrogen-bond donors (Lipinski definition) is 0. The highest BCUT2D eigenvalue weighted by molar-refractivity contribution is 5.58. The van der Waals surface area contributed by atoms with E-state index in [4.69, 9.17) is 0 Å². The molecule has 0 radical (unpaired) electrons. The van der Waals surface area contributed by atoms with Gasteiger partial charge in [-0.1, -0.05) is 24.1 Å². The summed E-state index contributed by atoms with van der Waals surface area (Å²) in [4.78, 5) is 1.98. The van der Waals surface area contributed by atoms with Gasteiger partial charge in [-0.3, -0.25) is 0 Å². The van der Waals surface area contributed by atoms with E-state index >= 15 is 0 Å². The van der Waals surface area contributed by atoms with E-state index in [1.807, 2.05) is 50.2 Å². The standard InChI is InChI=1S/C23H20F3N3/c1-4-29-21-14-9-17(23(24,25)26)8-12-19(21)20(15-27)22(29)13-7-16-5-10-18(11-6-16)28(2)3/h5-6,8,10-12,14H,4,9H2,1-3H3. The predicted octanol–water partition coefficient (Wildman–Crippen LogP) is 3.30. The van der Waals surface area contributed by atoms with Crippen molar-refractivity contribution in [2.24, 2.45) is 0 Å². The summed E-state index contributed by atoms with van der Waals surface area (Å²) in [6, 6.07) is 9.83. The van der Waals surface area contributed by atoms with Crippen LogP contribution in [-0.2, 0) is 6.54 Å². The van der Waals surface area contributed by atoms with Gasteiger partial charge in [0.05, 0.1) is 5.56 Å². The SMILES string of the molecule is CCn1c(C#Cc2ccc(N(C)C)cc2)c(C#N)c2c1=CCC(C(F)(F)F)=CC=2. The number of fused-ring (bicyclic) bond motifs is 1. The third-order valence-corrected chi connectivity index (χ3v) is 4.81. The maximum Gasteiger partial charge on any atom is 0.412 e. The van der Waals surface area contributed by atoms with Crippen molar-refractivity contribution >= 4 is 17.8 Å². The summed E-state index contributed by atoms with van der Waals surface area (Å²) in [5.74, 6) is 6.13. The first-order chi connectivity index (χ1) is 13.8. The molecule has 1 aliphatic rings. The quantitative estimate of drug-likeness (QED) is 0.731. The van der Waals surface area contributed by atoms with E-state index < -0.39 is 11.7 Å².